The summed E-state index contributed by atoms with van der Waals surface area (Å²) in [7, 11) is 1.86. The lowest BCUT2D eigenvalue weighted by Gasteiger charge is -2.30. The zero-order chi connectivity index (χ0) is 15.7. The summed E-state index contributed by atoms with van der Waals surface area (Å²) in [5.41, 5.74) is 7.38. The van der Waals surface area contributed by atoms with Crippen LogP contribution < -0.4 is 10.5 Å². The van der Waals surface area contributed by atoms with E-state index in [0.29, 0.717) is 25.0 Å². The van der Waals surface area contributed by atoms with Gasteiger partial charge in [0.2, 0.25) is 5.91 Å². The smallest absolute Gasteiger partial charge is 0.227 e. The monoisotopic (exact) mass is 338 g/mol. The van der Waals surface area contributed by atoms with Gasteiger partial charge in [0.25, 0.3) is 0 Å². The first-order valence-corrected chi connectivity index (χ1v) is 8.27. The molecule has 2 fully saturated rings. The van der Waals surface area contributed by atoms with Gasteiger partial charge in [-0.2, -0.15) is 0 Å². The van der Waals surface area contributed by atoms with Crippen molar-refractivity contribution in [1.29, 1.82) is 0 Å². The number of para-hydroxylation sites is 1. The van der Waals surface area contributed by atoms with Crippen molar-refractivity contribution in [2.75, 3.05) is 20.2 Å². The number of aryl methyl sites for hydroxylation is 1. The molecule has 2 aliphatic rings. The number of rotatable bonds is 5. The number of carbonyl (C=O) groups excluding carboxylic acids is 1. The number of carbonyl (C=O) groups is 1. The van der Waals surface area contributed by atoms with Gasteiger partial charge in [0.1, 0.15) is 12.4 Å². The Morgan fingerprint density at radius 3 is 2.65 bits per heavy atom. The summed E-state index contributed by atoms with van der Waals surface area (Å²) in [4.78, 5) is 14.4. The van der Waals surface area contributed by atoms with E-state index in [0.717, 1.165) is 17.7 Å². The molecular formula is C18H27ClN2O2. The Morgan fingerprint density at radius 2 is 2.00 bits per heavy atom. The van der Waals surface area contributed by atoms with Gasteiger partial charge in [0.15, 0.2) is 0 Å². The van der Waals surface area contributed by atoms with Crippen LogP contribution in [-0.2, 0) is 4.79 Å². The number of fused-ring (bicyclic) bond motifs is 2. The molecule has 0 aliphatic heterocycles. The number of hydrogen-bond donors (Lipinski definition) is 1. The van der Waals surface area contributed by atoms with Crippen molar-refractivity contribution >= 4 is 18.3 Å². The third kappa shape index (κ3) is 3.64. The molecule has 2 aliphatic carbocycles. The predicted molar refractivity (Wildman–Crippen MR) is 93.9 cm³/mol. The number of amides is 1. The lowest BCUT2D eigenvalue weighted by molar-refractivity contribution is -0.136. The molecule has 2 bridgehead atoms. The Hall–Kier alpha value is -1.26. The van der Waals surface area contributed by atoms with E-state index in [1.54, 1.807) is 4.90 Å². The van der Waals surface area contributed by atoms with E-state index in [1.165, 1.54) is 12.8 Å². The summed E-state index contributed by atoms with van der Waals surface area (Å²) in [6.07, 6.45) is 3.52. The summed E-state index contributed by atoms with van der Waals surface area (Å²) in [6, 6.07) is 8.01. The summed E-state index contributed by atoms with van der Waals surface area (Å²) >= 11 is 0. The van der Waals surface area contributed by atoms with Crippen molar-refractivity contribution in [3.63, 3.8) is 0 Å². The molecule has 2 N–H and O–H groups in total. The second-order valence-corrected chi connectivity index (χ2v) is 6.81. The van der Waals surface area contributed by atoms with Crippen LogP contribution in [0.5, 0.6) is 5.75 Å². The van der Waals surface area contributed by atoms with Gasteiger partial charge < -0.3 is 15.4 Å². The molecule has 1 amide bonds. The molecule has 0 aromatic heterocycles. The third-order valence-electron chi connectivity index (χ3n) is 5.42. The number of benzene rings is 1. The van der Waals surface area contributed by atoms with Gasteiger partial charge in [-0.05, 0) is 49.7 Å². The second-order valence-electron chi connectivity index (χ2n) is 6.81. The number of halogens is 1. The van der Waals surface area contributed by atoms with E-state index in [9.17, 15) is 4.79 Å². The van der Waals surface area contributed by atoms with Gasteiger partial charge in [-0.25, -0.2) is 0 Å². The molecule has 3 rings (SSSR count). The number of ether oxygens (including phenoxy) is 1. The predicted octanol–water partition coefficient (Wildman–Crippen LogP) is 2.63. The molecule has 23 heavy (non-hydrogen) atoms. The molecule has 4 unspecified atom stereocenters. The second kappa shape index (κ2) is 7.54. The molecule has 0 radical (unpaired) electrons. The summed E-state index contributed by atoms with van der Waals surface area (Å²) in [5, 5.41) is 0. The average Bonchev–Trinajstić information content (AvgIpc) is 3.09. The number of nitrogens with zero attached hydrogens (tertiary/aromatic N) is 1. The SMILES string of the molecule is Cc1ccccc1OCCN(C)C(=O)C1C2CCC(C2)C1N.Cl. The van der Waals surface area contributed by atoms with Gasteiger partial charge >= 0.3 is 0 Å². The van der Waals surface area contributed by atoms with Gasteiger partial charge in [-0.3, -0.25) is 4.79 Å². The molecule has 0 heterocycles. The van der Waals surface area contributed by atoms with Crippen molar-refractivity contribution in [1.82, 2.24) is 4.90 Å². The lowest BCUT2D eigenvalue weighted by Crippen LogP contribution is -2.46. The topological polar surface area (TPSA) is 55.6 Å². The molecule has 1 aromatic carbocycles. The van der Waals surface area contributed by atoms with E-state index in [4.69, 9.17) is 10.5 Å². The van der Waals surface area contributed by atoms with Crippen molar-refractivity contribution < 1.29 is 9.53 Å². The normalized spacial score (nSPS) is 28.3. The molecule has 2 saturated carbocycles. The van der Waals surface area contributed by atoms with E-state index in [-0.39, 0.29) is 30.3 Å². The Kier molecular flexibility index (Phi) is 5.93. The van der Waals surface area contributed by atoms with Crippen LogP contribution in [0.3, 0.4) is 0 Å². The van der Waals surface area contributed by atoms with E-state index in [1.807, 2.05) is 38.2 Å². The molecule has 1 aromatic rings. The van der Waals surface area contributed by atoms with Crippen molar-refractivity contribution in [3.05, 3.63) is 29.8 Å². The van der Waals surface area contributed by atoms with Crippen LogP contribution in [0.4, 0.5) is 0 Å². The van der Waals surface area contributed by atoms with E-state index in [2.05, 4.69) is 0 Å². The van der Waals surface area contributed by atoms with E-state index < -0.39 is 0 Å². The fourth-order valence-electron chi connectivity index (χ4n) is 4.08. The Morgan fingerprint density at radius 1 is 1.30 bits per heavy atom. The van der Waals surface area contributed by atoms with Crippen LogP contribution in [0, 0.1) is 24.7 Å². The van der Waals surface area contributed by atoms with Crippen LogP contribution in [0.25, 0.3) is 0 Å². The maximum Gasteiger partial charge on any atom is 0.227 e. The first-order chi connectivity index (χ1) is 10.6. The summed E-state index contributed by atoms with van der Waals surface area (Å²) in [6.45, 7) is 3.15. The highest BCUT2D eigenvalue weighted by molar-refractivity contribution is 5.85. The fraction of sp³-hybridized carbons (Fsp3) is 0.611. The minimum atomic E-state index is 0. The largest absolute Gasteiger partial charge is 0.491 e. The summed E-state index contributed by atoms with van der Waals surface area (Å²) in [5.74, 6) is 2.19. The van der Waals surface area contributed by atoms with Crippen LogP contribution in [0.2, 0.25) is 0 Å². The van der Waals surface area contributed by atoms with Crippen LogP contribution in [0.15, 0.2) is 24.3 Å². The highest BCUT2D eigenvalue weighted by Crippen LogP contribution is 2.48. The first-order valence-electron chi connectivity index (χ1n) is 8.27. The van der Waals surface area contributed by atoms with Crippen molar-refractivity contribution in [3.8, 4) is 5.75 Å². The zero-order valence-corrected chi connectivity index (χ0v) is 14.7. The van der Waals surface area contributed by atoms with E-state index >= 15 is 0 Å². The van der Waals surface area contributed by atoms with Gasteiger partial charge in [0.05, 0.1) is 12.5 Å². The highest BCUT2D eigenvalue weighted by Gasteiger charge is 2.49. The molecule has 0 saturated heterocycles. The fourth-order valence-corrected chi connectivity index (χ4v) is 4.08. The Labute approximate surface area is 144 Å². The average molecular weight is 339 g/mol. The zero-order valence-electron chi connectivity index (χ0n) is 13.9. The van der Waals surface area contributed by atoms with Crippen LogP contribution >= 0.6 is 12.4 Å². The van der Waals surface area contributed by atoms with Gasteiger partial charge in [-0.15, -0.1) is 12.4 Å². The molecule has 4 atom stereocenters. The summed E-state index contributed by atoms with van der Waals surface area (Å²) < 4.78 is 5.78. The molecule has 128 valence electrons. The van der Waals surface area contributed by atoms with Crippen LogP contribution in [0.1, 0.15) is 24.8 Å². The lowest BCUT2D eigenvalue weighted by atomic mass is 9.84. The Bertz CT molecular complexity index is 550. The number of nitrogens with two attached hydrogens (primary N) is 1. The first kappa shape index (κ1) is 18.1. The maximum absolute atomic E-state index is 12.6. The van der Waals surface area contributed by atoms with Crippen molar-refractivity contribution in [2.45, 2.75) is 32.2 Å². The number of likely N-dealkylation sites (N-methyl/N-ethyl adjacent to an activating group) is 1. The molecule has 4 nitrogen and oxygen atoms in total. The minimum absolute atomic E-state index is 0. The van der Waals surface area contributed by atoms with Gasteiger partial charge in [0, 0.05) is 13.1 Å². The highest BCUT2D eigenvalue weighted by atomic mass is 35.5. The standard InChI is InChI=1S/C18H26N2O2.ClH/c1-12-5-3-4-6-15(12)22-10-9-20(2)18(21)16-13-7-8-14(11-13)17(16)19;/h3-6,13-14,16-17H,7-11,19H2,1-2H3;1H. The molecular weight excluding hydrogens is 312 g/mol. The molecule has 5 heteroatoms. The minimum Gasteiger partial charge on any atom is -0.491 e. The third-order valence-corrected chi connectivity index (χ3v) is 5.42. The number of hydrogen-bond acceptors (Lipinski definition) is 3. The molecule has 0 spiro atoms. The quantitative estimate of drug-likeness (QED) is 0.898. The Balaban J connectivity index is 0.00000192. The van der Waals surface area contributed by atoms with Crippen molar-refractivity contribution in [2.24, 2.45) is 23.5 Å². The van der Waals surface area contributed by atoms with Crippen LogP contribution in [-0.4, -0.2) is 37.0 Å². The van der Waals surface area contributed by atoms with Gasteiger partial charge in [-0.1, -0.05) is 18.2 Å². The maximum atomic E-state index is 12.6.